The molecule has 2 aliphatic rings. The molecule has 0 radical (unpaired) electrons. The third kappa shape index (κ3) is 1.75. The summed E-state index contributed by atoms with van der Waals surface area (Å²) >= 11 is 0. The van der Waals surface area contributed by atoms with Gasteiger partial charge in [-0.1, -0.05) is 19.1 Å². The van der Waals surface area contributed by atoms with Crippen molar-refractivity contribution in [2.75, 3.05) is 6.61 Å². The molecule has 3 rings (SSSR count). The molecule has 1 aromatic rings. The Hall–Kier alpha value is -1.35. The monoisotopic (exact) mass is 231 g/mol. The maximum Gasteiger partial charge on any atom is 0.254 e. The zero-order valence-electron chi connectivity index (χ0n) is 10.0. The SMILES string of the molecule is CC(CO)c1ccc2c(c1)C(=O)N(C1CC1)C2. The number of hydrogen-bond acceptors (Lipinski definition) is 2. The number of hydrogen-bond donors (Lipinski definition) is 1. The molecular formula is C14H17NO2. The van der Waals surface area contributed by atoms with Crippen LogP contribution in [0.25, 0.3) is 0 Å². The summed E-state index contributed by atoms with van der Waals surface area (Å²) in [6, 6.07) is 6.51. The van der Waals surface area contributed by atoms with E-state index < -0.39 is 0 Å². The highest BCUT2D eigenvalue weighted by Gasteiger charge is 2.38. The lowest BCUT2D eigenvalue weighted by molar-refractivity contribution is 0.0766. The summed E-state index contributed by atoms with van der Waals surface area (Å²) < 4.78 is 0. The van der Waals surface area contributed by atoms with Gasteiger partial charge in [0, 0.05) is 30.7 Å². The summed E-state index contributed by atoms with van der Waals surface area (Å²) in [5.41, 5.74) is 3.03. The summed E-state index contributed by atoms with van der Waals surface area (Å²) in [7, 11) is 0. The van der Waals surface area contributed by atoms with Crippen LogP contribution in [0.15, 0.2) is 18.2 Å². The van der Waals surface area contributed by atoms with Crippen LogP contribution in [0.2, 0.25) is 0 Å². The molecule has 0 spiro atoms. The van der Waals surface area contributed by atoms with Crippen LogP contribution < -0.4 is 0 Å². The van der Waals surface area contributed by atoms with E-state index >= 15 is 0 Å². The van der Waals surface area contributed by atoms with Gasteiger partial charge >= 0.3 is 0 Å². The van der Waals surface area contributed by atoms with Gasteiger partial charge in [0.1, 0.15) is 0 Å². The van der Waals surface area contributed by atoms with E-state index in [1.807, 2.05) is 30.0 Å². The van der Waals surface area contributed by atoms with Crippen molar-refractivity contribution in [2.45, 2.75) is 38.3 Å². The Morgan fingerprint density at radius 2 is 2.24 bits per heavy atom. The molecule has 1 amide bonds. The lowest BCUT2D eigenvalue weighted by atomic mass is 9.98. The van der Waals surface area contributed by atoms with Gasteiger partial charge in [0.2, 0.25) is 0 Å². The summed E-state index contributed by atoms with van der Waals surface area (Å²) in [4.78, 5) is 14.2. The Labute approximate surface area is 101 Å². The second-order valence-electron chi connectivity index (χ2n) is 5.16. The molecule has 1 atom stereocenters. The van der Waals surface area contributed by atoms with Crippen molar-refractivity contribution in [1.82, 2.24) is 4.90 Å². The second-order valence-corrected chi connectivity index (χ2v) is 5.16. The molecule has 3 nitrogen and oxygen atoms in total. The summed E-state index contributed by atoms with van der Waals surface area (Å²) in [6.07, 6.45) is 2.30. The van der Waals surface area contributed by atoms with Crippen LogP contribution in [-0.2, 0) is 6.54 Å². The van der Waals surface area contributed by atoms with Gasteiger partial charge in [-0.15, -0.1) is 0 Å². The predicted molar refractivity (Wildman–Crippen MR) is 64.8 cm³/mol. The third-order valence-corrected chi connectivity index (χ3v) is 3.80. The number of benzene rings is 1. The maximum atomic E-state index is 12.2. The highest BCUT2D eigenvalue weighted by atomic mass is 16.3. The van der Waals surface area contributed by atoms with Gasteiger partial charge in [0.05, 0.1) is 0 Å². The van der Waals surface area contributed by atoms with E-state index in [0.29, 0.717) is 6.04 Å². The number of aliphatic hydroxyl groups excluding tert-OH is 1. The minimum Gasteiger partial charge on any atom is -0.396 e. The lowest BCUT2D eigenvalue weighted by Crippen LogP contribution is -2.25. The molecule has 90 valence electrons. The molecule has 1 saturated carbocycles. The van der Waals surface area contributed by atoms with Gasteiger partial charge in [-0.05, 0) is 30.0 Å². The van der Waals surface area contributed by atoms with E-state index in [-0.39, 0.29) is 18.4 Å². The second kappa shape index (κ2) is 3.84. The fraction of sp³-hybridized carbons (Fsp3) is 0.500. The average Bonchev–Trinajstić information content (AvgIpc) is 3.14. The van der Waals surface area contributed by atoms with Gasteiger partial charge in [-0.3, -0.25) is 4.79 Å². The molecule has 0 aromatic heterocycles. The number of nitrogens with zero attached hydrogens (tertiary/aromatic N) is 1. The van der Waals surface area contributed by atoms with Crippen LogP contribution in [0.4, 0.5) is 0 Å². The van der Waals surface area contributed by atoms with Crippen molar-refractivity contribution in [3.05, 3.63) is 34.9 Å². The Kier molecular flexibility index (Phi) is 2.44. The molecule has 0 saturated heterocycles. The smallest absolute Gasteiger partial charge is 0.254 e. The minimum absolute atomic E-state index is 0.100. The van der Waals surface area contributed by atoms with E-state index in [1.54, 1.807) is 0 Å². The number of amides is 1. The van der Waals surface area contributed by atoms with E-state index in [9.17, 15) is 4.79 Å². The first-order valence-corrected chi connectivity index (χ1v) is 6.25. The molecule has 1 aromatic carbocycles. The topological polar surface area (TPSA) is 40.5 Å². The van der Waals surface area contributed by atoms with Crippen LogP contribution in [0.3, 0.4) is 0 Å². The first-order chi connectivity index (χ1) is 8.20. The molecule has 1 fully saturated rings. The number of aliphatic hydroxyl groups is 1. The zero-order chi connectivity index (χ0) is 12.0. The first kappa shape index (κ1) is 10.8. The van der Waals surface area contributed by atoms with Crippen LogP contribution in [0.1, 0.15) is 47.2 Å². The van der Waals surface area contributed by atoms with Crippen molar-refractivity contribution in [3.63, 3.8) is 0 Å². The van der Waals surface area contributed by atoms with Crippen LogP contribution in [0.5, 0.6) is 0 Å². The quantitative estimate of drug-likeness (QED) is 0.863. The van der Waals surface area contributed by atoms with Crippen LogP contribution in [0, 0.1) is 0 Å². The molecule has 1 aliphatic heterocycles. The van der Waals surface area contributed by atoms with Gasteiger partial charge in [-0.25, -0.2) is 0 Å². The lowest BCUT2D eigenvalue weighted by Gasteiger charge is -2.13. The van der Waals surface area contributed by atoms with Crippen LogP contribution in [-0.4, -0.2) is 28.6 Å². The number of carbonyl (C=O) groups is 1. The first-order valence-electron chi connectivity index (χ1n) is 6.25. The Morgan fingerprint density at radius 3 is 2.88 bits per heavy atom. The normalized spacial score (nSPS) is 20.6. The standard InChI is InChI=1S/C14H17NO2/c1-9(8-16)10-2-3-11-7-15(12-4-5-12)14(17)13(11)6-10/h2-3,6,9,12,16H,4-5,7-8H2,1H3. The average molecular weight is 231 g/mol. The summed E-state index contributed by atoms with van der Waals surface area (Å²) in [6.45, 7) is 2.87. The highest BCUT2D eigenvalue weighted by Crippen LogP contribution is 2.35. The predicted octanol–water partition coefficient (Wildman–Crippen LogP) is 1.90. The van der Waals surface area contributed by atoms with Gasteiger partial charge in [-0.2, -0.15) is 0 Å². The van der Waals surface area contributed by atoms with Gasteiger partial charge in [0.25, 0.3) is 5.91 Å². The molecule has 0 bridgehead atoms. The molecule has 1 unspecified atom stereocenters. The molecule has 3 heteroatoms. The zero-order valence-corrected chi connectivity index (χ0v) is 10.0. The Balaban J connectivity index is 1.92. The minimum atomic E-state index is 0.100. The number of fused-ring (bicyclic) bond motifs is 1. The van der Waals surface area contributed by atoms with Crippen molar-refractivity contribution < 1.29 is 9.90 Å². The molecule has 1 N–H and O–H groups in total. The van der Waals surface area contributed by atoms with Gasteiger partial charge in [0.15, 0.2) is 0 Å². The largest absolute Gasteiger partial charge is 0.396 e. The van der Waals surface area contributed by atoms with E-state index in [4.69, 9.17) is 5.11 Å². The van der Waals surface area contributed by atoms with Crippen LogP contribution >= 0.6 is 0 Å². The number of rotatable bonds is 3. The van der Waals surface area contributed by atoms with E-state index in [1.165, 1.54) is 0 Å². The third-order valence-electron chi connectivity index (χ3n) is 3.80. The van der Waals surface area contributed by atoms with Crippen molar-refractivity contribution >= 4 is 5.91 Å². The van der Waals surface area contributed by atoms with E-state index in [2.05, 4.69) is 0 Å². The summed E-state index contributed by atoms with van der Waals surface area (Å²) in [5, 5.41) is 9.16. The fourth-order valence-corrected chi connectivity index (χ4v) is 2.43. The Morgan fingerprint density at radius 1 is 1.47 bits per heavy atom. The summed E-state index contributed by atoms with van der Waals surface area (Å²) in [5.74, 6) is 0.276. The molecular weight excluding hydrogens is 214 g/mol. The maximum absolute atomic E-state index is 12.2. The number of carbonyl (C=O) groups excluding carboxylic acids is 1. The molecule has 1 heterocycles. The highest BCUT2D eigenvalue weighted by molar-refractivity contribution is 5.98. The van der Waals surface area contributed by atoms with Gasteiger partial charge < -0.3 is 10.0 Å². The Bertz CT molecular complexity index is 465. The van der Waals surface area contributed by atoms with Crippen molar-refractivity contribution in [1.29, 1.82) is 0 Å². The fourth-order valence-electron chi connectivity index (χ4n) is 2.43. The molecule has 1 aliphatic carbocycles. The van der Waals surface area contributed by atoms with E-state index in [0.717, 1.165) is 36.1 Å². The molecule has 17 heavy (non-hydrogen) atoms. The van der Waals surface area contributed by atoms with Crippen molar-refractivity contribution in [2.24, 2.45) is 0 Å². The van der Waals surface area contributed by atoms with Crippen molar-refractivity contribution in [3.8, 4) is 0 Å².